The van der Waals surface area contributed by atoms with Gasteiger partial charge in [0, 0.05) is 12.2 Å². The highest BCUT2D eigenvalue weighted by molar-refractivity contribution is 5.89. The zero-order valence-electron chi connectivity index (χ0n) is 16.0. The molecule has 2 rings (SSSR count). The van der Waals surface area contributed by atoms with Gasteiger partial charge in [0.2, 0.25) is 11.8 Å². The molecule has 142 valence electrons. The van der Waals surface area contributed by atoms with Gasteiger partial charge in [0.1, 0.15) is 11.9 Å². The largest absolute Gasteiger partial charge is 0.376 e. The molecule has 1 fully saturated rings. The van der Waals surface area contributed by atoms with E-state index in [1.165, 1.54) is 17.0 Å². The number of benzene rings is 1. The number of carbonyl (C=O) groups excluding carboxylic acids is 2. The number of primary amides is 1. The van der Waals surface area contributed by atoms with Gasteiger partial charge in [0.15, 0.2) is 0 Å². The monoisotopic (exact) mass is 353 g/mol. The molecule has 1 aromatic carbocycles. The third-order valence-electron chi connectivity index (χ3n) is 3.19. The number of hydrogen-bond donors (Lipinski definition) is 2. The molecule has 1 aliphatic heterocycles. The van der Waals surface area contributed by atoms with Crippen molar-refractivity contribution >= 4 is 17.5 Å². The first-order valence-corrected chi connectivity index (χ1v) is 8.89. The standard InChI is InChI=1S/C13H16FN3O2.C4H10.C2H6/c14-9-3-5-10(6-4-9)16-8-12(18)17-7-1-2-11(17)13(15)19;1-4(2)3;1-2/h3-6,11,16H,1-2,7-8H2,(H2,15,19);4H,1-3H3;1-2H3/t11-;;/m0../s1. The van der Waals surface area contributed by atoms with Crippen molar-refractivity contribution in [2.24, 2.45) is 11.7 Å². The Labute approximate surface area is 150 Å². The number of anilines is 1. The van der Waals surface area contributed by atoms with Gasteiger partial charge in [0.05, 0.1) is 6.54 Å². The molecule has 6 heteroatoms. The number of halogens is 1. The average molecular weight is 353 g/mol. The van der Waals surface area contributed by atoms with Crippen LogP contribution in [-0.4, -0.2) is 35.8 Å². The summed E-state index contributed by atoms with van der Waals surface area (Å²) < 4.78 is 12.7. The van der Waals surface area contributed by atoms with E-state index in [1.54, 1.807) is 12.1 Å². The lowest BCUT2D eigenvalue weighted by Gasteiger charge is -2.22. The smallest absolute Gasteiger partial charge is 0.242 e. The Morgan fingerprint density at radius 2 is 1.76 bits per heavy atom. The topological polar surface area (TPSA) is 75.4 Å². The van der Waals surface area contributed by atoms with E-state index in [2.05, 4.69) is 26.1 Å². The van der Waals surface area contributed by atoms with Crippen LogP contribution < -0.4 is 11.1 Å². The quantitative estimate of drug-likeness (QED) is 0.871. The summed E-state index contributed by atoms with van der Waals surface area (Å²) in [5.74, 6) is -0.136. The summed E-state index contributed by atoms with van der Waals surface area (Å²) in [4.78, 5) is 24.7. The van der Waals surface area contributed by atoms with Crippen molar-refractivity contribution < 1.29 is 14.0 Å². The highest BCUT2D eigenvalue weighted by Gasteiger charge is 2.32. The number of hydrogen-bond acceptors (Lipinski definition) is 3. The molecule has 1 heterocycles. The number of nitrogens with two attached hydrogens (primary N) is 1. The Morgan fingerprint density at radius 3 is 2.24 bits per heavy atom. The summed E-state index contributed by atoms with van der Waals surface area (Å²) in [6, 6.07) is 5.24. The molecule has 2 amide bonds. The molecule has 1 atom stereocenters. The Hall–Kier alpha value is -2.11. The minimum Gasteiger partial charge on any atom is -0.376 e. The van der Waals surface area contributed by atoms with E-state index in [0.717, 1.165) is 12.3 Å². The van der Waals surface area contributed by atoms with Crippen molar-refractivity contribution in [1.82, 2.24) is 4.90 Å². The number of amides is 2. The van der Waals surface area contributed by atoms with Crippen LogP contribution in [0.25, 0.3) is 0 Å². The van der Waals surface area contributed by atoms with Crippen LogP contribution in [0.4, 0.5) is 10.1 Å². The molecule has 0 bridgehead atoms. The minimum atomic E-state index is -0.498. The number of carbonyl (C=O) groups is 2. The Balaban J connectivity index is 0.000000845. The predicted octanol–water partition coefficient (Wildman–Crippen LogP) is 3.40. The molecule has 0 saturated carbocycles. The maximum absolute atomic E-state index is 12.7. The van der Waals surface area contributed by atoms with Gasteiger partial charge in [0.25, 0.3) is 0 Å². The normalized spacial score (nSPS) is 15.6. The number of rotatable bonds is 4. The zero-order valence-corrected chi connectivity index (χ0v) is 16.0. The lowest BCUT2D eigenvalue weighted by Crippen LogP contribution is -2.45. The summed E-state index contributed by atoms with van der Waals surface area (Å²) in [5, 5.41) is 2.90. The second-order valence-corrected chi connectivity index (χ2v) is 6.24. The van der Waals surface area contributed by atoms with Crippen LogP contribution in [0.15, 0.2) is 24.3 Å². The molecule has 0 spiro atoms. The Morgan fingerprint density at radius 1 is 1.24 bits per heavy atom. The maximum Gasteiger partial charge on any atom is 0.242 e. The van der Waals surface area contributed by atoms with Crippen molar-refractivity contribution in [3.05, 3.63) is 30.1 Å². The van der Waals surface area contributed by atoms with Gasteiger partial charge in [-0.25, -0.2) is 4.39 Å². The molecular formula is C19H32FN3O2. The van der Waals surface area contributed by atoms with Gasteiger partial charge in [-0.3, -0.25) is 9.59 Å². The predicted molar refractivity (Wildman–Crippen MR) is 101 cm³/mol. The lowest BCUT2D eigenvalue weighted by atomic mass is 10.2. The maximum atomic E-state index is 12.7. The van der Waals surface area contributed by atoms with Crippen LogP contribution in [0.3, 0.4) is 0 Å². The van der Waals surface area contributed by atoms with Crippen LogP contribution in [0.5, 0.6) is 0 Å². The molecule has 0 radical (unpaired) electrons. The van der Waals surface area contributed by atoms with E-state index in [1.807, 2.05) is 13.8 Å². The molecule has 25 heavy (non-hydrogen) atoms. The lowest BCUT2D eigenvalue weighted by molar-refractivity contribution is -0.135. The van der Waals surface area contributed by atoms with E-state index >= 15 is 0 Å². The number of likely N-dealkylation sites (tertiary alicyclic amines) is 1. The second-order valence-electron chi connectivity index (χ2n) is 6.24. The Kier molecular flexibility index (Phi) is 11.2. The van der Waals surface area contributed by atoms with Crippen LogP contribution in [0, 0.1) is 11.7 Å². The van der Waals surface area contributed by atoms with E-state index in [9.17, 15) is 14.0 Å². The molecule has 1 aliphatic rings. The molecular weight excluding hydrogens is 321 g/mol. The molecule has 3 N–H and O–H groups in total. The first kappa shape index (κ1) is 22.9. The van der Waals surface area contributed by atoms with Gasteiger partial charge >= 0.3 is 0 Å². The van der Waals surface area contributed by atoms with E-state index in [4.69, 9.17) is 5.73 Å². The highest BCUT2D eigenvalue weighted by atomic mass is 19.1. The summed E-state index contributed by atoms with van der Waals surface area (Å²) in [6.45, 7) is 11.1. The third-order valence-corrected chi connectivity index (χ3v) is 3.19. The van der Waals surface area contributed by atoms with Crippen molar-refractivity contribution in [3.8, 4) is 0 Å². The fourth-order valence-electron chi connectivity index (χ4n) is 2.21. The SMILES string of the molecule is CC.CC(C)C.NC(=O)[C@@H]1CCCN1C(=O)CNc1ccc(F)cc1. The summed E-state index contributed by atoms with van der Waals surface area (Å²) in [5.41, 5.74) is 5.91. The highest BCUT2D eigenvalue weighted by Crippen LogP contribution is 2.17. The molecule has 0 aromatic heterocycles. The van der Waals surface area contributed by atoms with Gasteiger partial charge in [-0.2, -0.15) is 0 Å². The van der Waals surface area contributed by atoms with Crippen LogP contribution in [-0.2, 0) is 9.59 Å². The first-order valence-electron chi connectivity index (χ1n) is 8.89. The first-order chi connectivity index (χ1) is 11.8. The van der Waals surface area contributed by atoms with E-state index in [0.29, 0.717) is 18.7 Å². The third kappa shape index (κ3) is 9.08. The Bertz CT molecular complexity index is 515. The molecule has 1 saturated heterocycles. The van der Waals surface area contributed by atoms with E-state index in [-0.39, 0.29) is 18.3 Å². The summed E-state index contributed by atoms with van der Waals surface area (Å²) in [7, 11) is 0. The summed E-state index contributed by atoms with van der Waals surface area (Å²) >= 11 is 0. The molecule has 5 nitrogen and oxygen atoms in total. The van der Waals surface area contributed by atoms with Crippen LogP contribution in [0.2, 0.25) is 0 Å². The van der Waals surface area contributed by atoms with Crippen molar-refractivity contribution in [2.45, 2.75) is 53.5 Å². The molecule has 0 aliphatic carbocycles. The fourth-order valence-corrected chi connectivity index (χ4v) is 2.21. The van der Waals surface area contributed by atoms with Crippen LogP contribution >= 0.6 is 0 Å². The fraction of sp³-hybridized carbons (Fsp3) is 0.579. The average Bonchev–Trinajstić information content (AvgIpc) is 3.05. The minimum absolute atomic E-state index is 0.0649. The second kappa shape index (κ2) is 12.3. The van der Waals surface area contributed by atoms with Crippen molar-refractivity contribution in [1.29, 1.82) is 0 Å². The van der Waals surface area contributed by atoms with Gasteiger partial charge < -0.3 is 16.0 Å². The van der Waals surface area contributed by atoms with Crippen molar-refractivity contribution in [2.75, 3.05) is 18.4 Å². The number of nitrogens with zero attached hydrogens (tertiary/aromatic N) is 1. The van der Waals surface area contributed by atoms with Gasteiger partial charge in [-0.1, -0.05) is 34.6 Å². The molecule has 1 aromatic rings. The molecule has 0 unspecified atom stereocenters. The van der Waals surface area contributed by atoms with Gasteiger partial charge in [-0.05, 0) is 43.0 Å². The van der Waals surface area contributed by atoms with Gasteiger partial charge in [-0.15, -0.1) is 0 Å². The van der Waals surface area contributed by atoms with Crippen molar-refractivity contribution in [3.63, 3.8) is 0 Å². The van der Waals surface area contributed by atoms with E-state index < -0.39 is 11.9 Å². The van der Waals surface area contributed by atoms with Crippen LogP contribution in [0.1, 0.15) is 47.5 Å². The number of nitrogens with one attached hydrogen (secondary N) is 1. The zero-order chi connectivity index (χ0) is 19.4. The summed E-state index contributed by atoms with van der Waals surface area (Å²) in [6.07, 6.45) is 1.41.